The van der Waals surface area contributed by atoms with Crippen molar-refractivity contribution in [2.45, 2.75) is 48.6 Å². The summed E-state index contributed by atoms with van der Waals surface area (Å²) < 4.78 is 5.53. The van der Waals surface area contributed by atoms with Gasteiger partial charge in [0.2, 0.25) is 11.8 Å². The Morgan fingerprint density at radius 3 is 2.00 bits per heavy atom. The minimum atomic E-state index is -0.753. The summed E-state index contributed by atoms with van der Waals surface area (Å²) in [5, 5.41) is 2.56. The number of β-lactam (4-membered cyclic amide) rings is 1. The van der Waals surface area contributed by atoms with Gasteiger partial charge in [-0.2, -0.15) is 0 Å². The van der Waals surface area contributed by atoms with Gasteiger partial charge in [0.05, 0.1) is 6.42 Å². The third kappa shape index (κ3) is 4.63. The Hall–Kier alpha value is -3.58. The lowest BCUT2D eigenvalue weighted by atomic mass is 9.95. The van der Waals surface area contributed by atoms with Crippen molar-refractivity contribution < 1.29 is 19.1 Å². The molecule has 2 heterocycles. The number of ether oxygens (including phenoxy) is 1. The highest BCUT2D eigenvalue weighted by Crippen LogP contribution is 2.51. The van der Waals surface area contributed by atoms with E-state index in [4.69, 9.17) is 4.74 Å². The van der Waals surface area contributed by atoms with E-state index in [2.05, 4.69) is 5.32 Å². The molecule has 2 saturated heterocycles. The minimum Gasteiger partial charge on any atom is -0.451 e. The second kappa shape index (κ2) is 9.82. The molecule has 3 aromatic carbocycles. The highest BCUT2D eigenvalue weighted by molar-refractivity contribution is 8.01. The summed E-state index contributed by atoms with van der Waals surface area (Å²) in [5.41, 5.74) is 2.60. The molecule has 0 radical (unpaired) electrons. The highest BCUT2D eigenvalue weighted by atomic mass is 32.2. The maximum absolute atomic E-state index is 13.6. The number of nitrogens with one attached hydrogen (secondary N) is 1. The minimum absolute atomic E-state index is 0.201. The van der Waals surface area contributed by atoms with E-state index in [1.54, 1.807) is 4.90 Å². The molecule has 184 valence electrons. The van der Waals surface area contributed by atoms with Crippen LogP contribution in [0.2, 0.25) is 0 Å². The van der Waals surface area contributed by atoms with Crippen molar-refractivity contribution >= 4 is 29.5 Å². The number of esters is 1. The first-order chi connectivity index (χ1) is 17.3. The molecule has 0 aromatic heterocycles. The van der Waals surface area contributed by atoms with Gasteiger partial charge in [0.1, 0.15) is 17.5 Å². The number of fused-ring (bicyclic) bond motifs is 1. The van der Waals surface area contributed by atoms with E-state index in [0.717, 1.165) is 16.7 Å². The summed E-state index contributed by atoms with van der Waals surface area (Å²) >= 11 is 1.52. The van der Waals surface area contributed by atoms with E-state index in [1.165, 1.54) is 11.8 Å². The lowest BCUT2D eigenvalue weighted by Gasteiger charge is -2.44. The molecule has 36 heavy (non-hydrogen) atoms. The van der Waals surface area contributed by atoms with Crippen LogP contribution in [0.1, 0.15) is 36.6 Å². The van der Waals surface area contributed by atoms with Crippen molar-refractivity contribution in [3.63, 3.8) is 0 Å². The Morgan fingerprint density at radius 1 is 0.917 bits per heavy atom. The number of rotatable bonds is 7. The van der Waals surface area contributed by atoms with Crippen molar-refractivity contribution in [2.75, 3.05) is 0 Å². The van der Waals surface area contributed by atoms with Crippen LogP contribution in [-0.2, 0) is 25.5 Å². The largest absolute Gasteiger partial charge is 0.451 e. The van der Waals surface area contributed by atoms with E-state index in [1.807, 2.05) is 105 Å². The predicted molar refractivity (Wildman–Crippen MR) is 139 cm³/mol. The Kier molecular flexibility index (Phi) is 6.58. The molecule has 0 aliphatic carbocycles. The number of amides is 2. The smallest absolute Gasteiger partial charge is 0.331 e. The Morgan fingerprint density at radius 2 is 1.44 bits per heavy atom. The average Bonchev–Trinajstić information content (AvgIpc) is 3.15. The van der Waals surface area contributed by atoms with Crippen LogP contribution in [0.4, 0.5) is 0 Å². The fourth-order valence-electron chi connectivity index (χ4n) is 4.90. The van der Waals surface area contributed by atoms with E-state index < -0.39 is 28.9 Å². The molecule has 7 heteroatoms. The number of hydrogen-bond donors (Lipinski definition) is 1. The van der Waals surface area contributed by atoms with Gasteiger partial charge in [0, 0.05) is 4.75 Å². The van der Waals surface area contributed by atoms with Gasteiger partial charge < -0.3 is 15.0 Å². The molecule has 2 fully saturated rings. The second-order valence-corrected chi connectivity index (χ2v) is 11.4. The van der Waals surface area contributed by atoms with Crippen molar-refractivity contribution in [2.24, 2.45) is 0 Å². The quantitative estimate of drug-likeness (QED) is 0.390. The summed E-state index contributed by atoms with van der Waals surface area (Å²) in [6, 6.07) is 27.2. The molecule has 0 saturated carbocycles. The number of carbonyl (C=O) groups excluding carboxylic acids is 3. The topological polar surface area (TPSA) is 75.7 Å². The van der Waals surface area contributed by atoms with Gasteiger partial charge in [-0.05, 0) is 30.5 Å². The third-order valence-electron chi connectivity index (χ3n) is 6.63. The van der Waals surface area contributed by atoms with Crippen LogP contribution in [0.25, 0.3) is 0 Å². The van der Waals surface area contributed by atoms with Gasteiger partial charge >= 0.3 is 5.97 Å². The molecule has 0 spiro atoms. The van der Waals surface area contributed by atoms with E-state index in [0.29, 0.717) is 0 Å². The monoisotopic (exact) mass is 500 g/mol. The lowest BCUT2D eigenvalue weighted by Crippen LogP contribution is -2.70. The Balaban J connectivity index is 1.32. The van der Waals surface area contributed by atoms with Gasteiger partial charge in [0.25, 0.3) is 0 Å². The zero-order chi connectivity index (χ0) is 25.3. The normalized spacial score (nSPS) is 22.0. The molecule has 1 N–H and O–H groups in total. The SMILES string of the molecule is CC1(C)S[C@H]2[C@@H](NC(=O)Cc3ccccc3)C(=O)N2[C@H]1C(=O)OC(c1ccccc1)c1ccccc1. The standard InChI is InChI=1S/C29H28N2O4S/c1-29(2)25(28(34)35-24(20-14-8-4-9-15-20)21-16-10-5-11-17-21)31-26(33)23(27(31)36-29)30-22(32)18-19-12-6-3-7-13-19/h3-17,23-25,27H,18H2,1-2H3,(H,30,32)/t23-,25-,27-/m0/s1. The molecule has 3 aromatic rings. The lowest BCUT2D eigenvalue weighted by molar-refractivity contribution is -0.166. The van der Waals surface area contributed by atoms with Crippen molar-refractivity contribution in [1.82, 2.24) is 10.2 Å². The van der Waals surface area contributed by atoms with Crippen LogP contribution in [0.5, 0.6) is 0 Å². The molecule has 2 amide bonds. The summed E-state index contributed by atoms with van der Waals surface area (Å²) in [7, 11) is 0. The molecule has 5 rings (SSSR count). The summed E-state index contributed by atoms with van der Waals surface area (Å²) in [6.45, 7) is 3.89. The first-order valence-corrected chi connectivity index (χ1v) is 12.9. The number of carbonyl (C=O) groups is 3. The molecule has 2 aliphatic heterocycles. The number of thioether (sulfide) groups is 1. The van der Waals surface area contributed by atoms with Gasteiger partial charge in [-0.25, -0.2) is 4.79 Å². The van der Waals surface area contributed by atoms with Crippen LogP contribution in [0, 0.1) is 0 Å². The van der Waals surface area contributed by atoms with Gasteiger partial charge in [-0.15, -0.1) is 11.8 Å². The van der Waals surface area contributed by atoms with Gasteiger partial charge in [-0.3, -0.25) is 9.59 Å². The number of nitrogens with zero attached hydrogens (tertiary/aromatic N) is 1. The van der Waals surface area contributed by atoms with Crippen molar-refractivity contribution in [1.29, 1.82) is 0 Å². The van der Waals surface area contributed by atoms with Crippen molar-refractivity contribution in [3.8, 4) is 0 Å². The Labute approximate surface area is 215 Å². The number of benzene rings is 3. The number of hydrogen-bond acceptors (Lipinski definition) is 5. The fraction of sp³-hybridized carbons (Fsp3) is 0.276. The Bertz CT molecular complexity index is 1210. The van der Waals surface area contributed by atoms with Crippen LogP contribution in [-0.4, -0.2) is 44.9 Å². The van der Waals surface area contributed by atoms with Crippen LogP contribution >= 0.6 is 11.8 Å². The van der Waals surface area contributed by atoms with Crippen LogP contribution in [0.15, 0.2) is 91.0 Å². The molecule has 0 unspecified atom stereocenters. The van der Waals surface area contributed by atoms with E-state index >= 15 is 0 Å². The molecule has 6 nitrogen and oxygen atoms in total. The van der Waals surface area contributed by atoms with Gasteiger partial charge in [0.15, 0.2) is 6.10 Å². The fourth-order valence-corrected chi connectivity index (χ4v) is 6.52. The molecular weight excluding hydrogens is 472 g/mol. The van der Waals surface area contributed by atoms with Crippen LogP contribution in [0.3, 0.4) is 0 Å². The zero-order valence-electron chi connectivity index (χ0n) is 20.2. The zero-order valence-corrected chi connectivity index (χ0v) is 21.0. The molecule has 3 atom stereocenters. The summed E-state index contributed by atoms with van der Waals surface area (Å²) in [5.74, 6) is -0.913. The molecule has 0 bridgehead atoms. The highest BCUT2D eigenvalue weighted by Gasteiger charge is 2.64. The average molecular weight is 501 g/mol. The molecular formula is C29H28N2O4S. The molecule has 2 aliphatic rings. The summed E-state index contributed by atoms with van der Waals surface area (Å²) in [4.78, 5) is 40.9. The first-order valence-electron chi connectivity index (χ1n) is 12.0. The first kappa shape index (κ1) is 24.1. The second-order valence-electron chi connectivity index (χ2n) is 9.61. The van der Waals surface area contributed by atoms with E-state index in [-0.39, 0.29) is 23.6 Å². The van der Waals surface area contributed by atoms with E-state index in [9.17, 15) is 14.4 Å². The summed E-state index contributed by atoms with van der Waals surface area (Å²) in [6.07, 6.45) is -0.385. The van der Waals surface area contributed by atoms with Crippen LogP contribution < -0.4 is 5.32 Å². The predicted octanol–water partition coefficient (Wildman–Crippen LogP) is 4.11. The van der Waals surface area contributed by atoms with Crippen molar-refractivity contribution in [3.05, 3.63) is 108 Å². The maximum atomic E-state index is 13.6. The maximum Gasteiger partial charge on any atom is 0.331 e. The van der Waals surface area contributed by atoms with Gasteiger partial charge in [-0.1, -0.05) is 91.0 Å². The third-order valence-corrected chi connectivity index (χ3v) is 8.20.